The maximum Gasteiger partial charge on any atom is 0.261 e. The first kappa shape index (κ1) is 25.4. The second-order valence-corrected chi connectivity index (χ2v) is 9.26. The summed E-state index contributed by atoms with van der Waals surface area (Å²) in [4.78, 5) is 41.7. The van der Waals surface area contributed by atoms with E-state index in [1.54, 1.807) is 48.9 Å². The molecule has 0 saturated carbocycles. The zero-order chi connectivity index (χ0) is 25.3. The summed E-state index contributed by atoms with van der Waals surface area (Å²) in [6.45, 7) is 0.774. The van der Waals surface area contributed by atoms with Gasteiger partial charge in [-0.1, -0.05) is 36.4 Å². The number of nitrogens with zero attached hydrogens (tertiary/aromatic N) is 1. The van der Waals surface area contributed by atoms with E-state index in [-0.39, 0.29) is 24.5 Å². The van der Waals surface area contributed by atoms with Crippen molar-refractivity contribution in [3.63, 3.8) is 0 Å². The zero-order valence-corrected chi connectivity index (χ0v) is 20.8. The van der Waals surface area contributed by atoms with E-state index in [1.165, 1.54) is 16.2 Å². The van der Waals surface area contributed by atoms with Crippen molar-refractivity contribution in [1.82, 2.24) is 10.6 Å². The van der Waals surface area contributed by atoms with Crippen molar-refractivity contribution < 1.29 is 23.9 Å². The van der Waals surface area contributed by atoms with E-state index in [9.17, 15) is 14.4 Å². The first-order valence-corrected chi connectivity index (χ1v) is 12.7. The summed E-state index contributed by atoms with van der Waals surface area (Å²) >= 11 is 1.29. The predicted octanol–water partition coefficient (Wildman–Crippen LogP) is 3.56. The van der Waals surface area contributed by atoms with Crippen LogP contribution in [0, 0.1) is 0 Å². The Bertz CT molecular complexity index is 1150. The van der Waals surface area contributed by atoms with Crippen LogP contribution in [0.2, 0.25) is 0 Å². The first-order chi connectivity index (χ1) is 17.6. The highest BCUT2D eigenvalue weighted by Gasteiger charge is 2.33. The van der Waals surface area contributed by atoms with Gasteiger partial charge >= 0.3 is 0 Å². The number of thiophene rings is 1. The molecule has 4 rings (SSSR count). The lowest BCUT2D eigenvalue weighted by Crippen LogP contribution is -2.48. The van der Waals surface area contributed by atoms with Gasteiger partial charge in [-0.05, 0) is 54.1 Å². The fourth-order valence-corrected chi connectivity index (χ4v) is 4.73. The zero-order valence-electron chi connectivity index (χ0n) is 20.0. The lowest BCUT2D eigenvalue weighted by atomic mass is 10.0. The molecular weight excluding hydrogens is 478 g/mol. The molecule has 1 aromatic heterocycles. The molecular formula is C27H29N3O5S. The molecule has 2 N–H and O–H groups in total. The fraction of sp³-hybridized carbons (Fsp3) is 0.296. The number of rotatable bonds is 10. The summed E-state index contributed by atoms with van der Waals surface area (Å²) in [6, 6.07) is 18.5. The Morgan fingerprint density at radius 3 is 2.47 bits per heavy atom. The van der Waals surface area contributed by atoms with Gasteiger partial charge in [-0.15, -0.1) is 11.3 Å². The van der Waals surface area contributed by atoms with E-state index in [1.807, 2.05) is 30.3 Å². The highest BCUT2D eigenvalue weighted by atomic mass is 32.1. The molecule has 36 heavy (non-hydrogen) atoms. The van der Waals surface area contributed by atoms with E-state index in [2.05, 4.69) is 10.6 Å². The summed E-state index contributed by atoms with van der Waals surface area (Å²) < 4.78 is 10.9. The van der Waals surface area contributed by atoms with Crippen molar-refractivity contribution in [1.29, 1.82) is 0 Å². The van der Waals surface area contributed by atoms with E-state index in [4.69, 9.17) is 9.47 Å². The Hall–Kier alpha value is -3.69. The van der Waals surface area contributed by atoms with Crippen molar-refractivity contribution in [3.05, 3.63) is 82.6 Å². The van der Waals surface area contributed by atoms with Crippen LogP contribution in [-0.2, 0) is 14.3 Å². The molecule has 2 heterocycles. The Morgan fingerprint density at radius 1 is 1.06 bits per heavy atom. The highest BCUT2D eigenvalue weighted by Crippen LogP contribution is 2.29. The number of hydrogen-bond acceptors (Lipinski definition) is 6. The number of methoxy groups -OCH3 is 1. The monoisotopic (exact) mass is 507 g/mol. The van der Waals surface area contributed by atoms with Crippen LogP contribution >= 0.6 is 11.3 Å². The first-order valence-electron chi connectivity index (χ1n) is 11.8. The topological polar surface area (TPSA) is 97.0 Å². The molecule has 8 nitrogen and oxygen atoms in total. The number of anilines is 1. The summed E-state index contributed by atoms with van der Waals surface area (Å²) in [7, 11) is 1.56. The van der Waals surface area contributed by atoms with Crippen molar-refractivity contribution in [3.8, 4) is 5.75 Å². The summed E-state index contributed by atoms with van der Waals surface area (Å²) in [6.07, 6.45) is 1.80. The maximum atomic E-state index is 13.6. The molecule has 1 aliphatic rings. The van der Waals surface area contributed by atoms with Crippen molar-refractivity contribution in [2.75, 3.05) is 31.7 Å². The van der Waals surface area contributed by atoms with Crippen molar-refractivity contribution in [2.45, 2.75) is 25.0 Å². The lowest BCUT2D eigenvalue weighted by molar-refractivity contribution is -0.126. The molecule has 0 aliphatic carbocycles. The number of amides is 3. The molecule has 1 aliphatic heterocycles. The smallest absolute Gasteiger partial charge is 0.261 e. The Morgan fingerprint density at radius 2 is 1.83 bits per heavy atom. The second kappa shape index (κ2) is 12.3. The van der Waals surface area contributed by atoms with Crippen LogP contribution in [0.3, 0.4) is 0 Å². The van der Waals surface area contributed by atoms with E-state index in [0.29, 0.717) is 35.0 Å². The summed E-state index contributed by atoms with van der Waals surface area (Å²) in [5.41, 5.74) is 1.16. The van der Waals surface area contributed by atoms with Crippen LogP contribution in [0.1, 0.15) is 34.1 Å². The minimum absolute atomic E-state index is 0.0411. The SMILES string of the molecule is COc1ccc(N(C(=O)CNC(=O)c2cccs2)[C@@H](C(=O)NC[C@H]2CCCO2)c2ccccc2)cc1. The van der Waals surface area contributed by atoms with Crippen LogP contribution in [-0.4, -0.2) is 50.6 Å². The summed E-state index contributed by atoms with van der Waals surface area (Å²) in [5, 5.41) is 7.45. The van der Waals surface area contributed by atoms with Gasteiger partial charge in [-0.25, -0.2) is 0 Å². The second-order valence-electron chi connectivity index (χ2n) is 8.32. The standard InChI is InChI=1S/C27H29N3O5S/c1-34-21-13-11-20(12-14-21)30(24(31)18-29-26(32)23-10-6-16-36-23)25(19-7-3-2-4-8-19)27(33)28-17-22-9-5-15-35-22/h2-4,6-8,10-14,16,22,25H,5,9,15,17-18H2,1H3,(H,28,33)(H,29,32)/t22-,25-/m1/s1. The van der Waals surface area contributed by atoms with Crippen LogP contribution in [0.5, 0.6) is 5.75 Å². The minimum Gasteiger partial charge on any atom is -0.497 e. The van der Waals surface area contributed by atoms with E-state index in [0.717, 1.165) is 12.8 Å². The normalized spacial score (nSPS) is 15.6. The highest BCUT2D eigenvalue weighted by molar-refractivity contribution is 7.12. The molecule has 2 aromatic carbocycles. The molecule has 0 radical (unpaired) electrons. The van der Waals surface area contributed by atoms with Crippen molar-refractivity contribution in [2.24, 2.45) is 0 Å². The number of benzene rings is 2. The molecule has 1 fully saturated rings. The van der Waals surface area contributed by atoms with Gasteiger partial charge in [-0.2, -0.15) is 0 Å². The van der Waals surface area contributed by atoms with Gasteiger partial charge in [0.05, 0.1) is 24.6 Å². The number of ether oxygens (including phenoxy) is 2. The van der Waals surface area contributed by atoms with Crippen LogP contribution in [0.25, 0.3) is 0 Å². The third-order valence-electron chi connectivity index (χ3n) is 5.91. The van der Waals surface area contributed by atoms with Gasteiger partial charge in [0.15, 0.2) is 0 Å². The van der Waals surface area contributed by atoms with Gasteiger partial charge in [0.1, 0.15) is 11.8 Å². The Labute approximate surface area is 214 Å². The quantitative estimate of drug-likeness (QED) is 0.438. The van der Waals surface area contributed by atoms with Gasteiger partial charge < -0.3 is 20.1 Å². The van der Waals surface area contributed by atoms with Gasteiger partial charge in [0, 0.05) is 18.8 Å². The average Bonchev–Trinajstić information content (AvgIpc) is 3.64. The molecule has 1 saturated heterocycles. The van der Waals surface area contributed by atoms with Gasteiger partial charge in [0.25, 0.3) is 5.91 Å². The molecule has 0 bridgehead atoms. The van der Waals surface area contributed by atoms with E-state index >= 15 is 0 Å². The molecule has 3 aromatic rings. The predicted molar refractivity (Wildman–Crippen MR) is 138 cm³/mol. The minimum atomic E-state index is -0.952. The Balaban J connectivity index is 1.63. The Kier molecular flexibility index (Phi) is 8.70. The average molecular weight is 508 g/mol. The van der Waals surface area contributed by atoms with Gasteiger partial charge in [-0.3, -0.25) is 19.3 Å². The lowest BCUT2D eigenvalue weighted by Gasteiger charge is -2.32. The van der Waals surface area contributed by atoms with E-state index < -0.39 is 11.9 Å². The van der Waals surface area contributed by atoms with Crippen molar-refractivity contribution >= 4 is 34.7 Å². The fourth-order valence-electron chi connectivity index (χ4n) is 4.09. The van der Waals surface area contributed by atoms with Gasteiger partial charge in [0.2, 0.25) is 11.8 Å². The molecule has 0 unspecified atom stereocenters. The van der Waals surface area contributed by atoms with Crippen LogP contribution < -0.4 is 20.3 Å². The molecule has 9 heteroatoms. The molecule has 2 atom stereocenters. The van der Waals surface area contributed by atoms with Crippen LogP contribution in [0.4, 0.5) is 5.69 Å². The summed E-state index contributed by atoms with van der Waals surface area (Å²) in [5.74, 6) is -0.472. The number of carbonyl (C=O) groups is 3. The molecule has 0 spiro atoms. The molecule has 3 amide bonds. The largest absolute Gasteiger partial charge is 0.497 e. The molecule has 188 valence electrons. The number of hydrogen-bond donors (Lipinski definition) is 2. The number of nitrogens with one attached hydrogen (secondary N) is 2. The maximum absolute atomic E-state index is 13.6. The third-order valence-corrected chi connectivity index (χ3v) is 6.78. The third kappa shape index (κ3) is 6.30. The number of carbonyl (C=O) groups excluding carboxylic acids is 3. The van der Waals surface area contributed by atoms with Crippen LogP contribution in [0.15, 0.2) is 72.1 Å².